The number of aryl methyl sites for hydroxylation is 1. The Balaban J connectivity index is 1.55. The van der Waals surface area contributed by atoms with Crippen LogP contribution in [0.3, 0.4) is 0 Å². The molecule has 1 saturated heterocycles. The van der Waals surface area contributed by atoms with Crippen LogP contribution in [0.2, 0.25) is 0 Å². The van der Waals surface area contributed by atoms with Gasteiger partial charge in [0.15, 0.2) is 5.82 Å². The number of benzene rings is 1. The lowest BCUT2D eigenvalue weighted by atomic mass is 9.91. The van der Waals surface area contributed by atoms with Gasteiger partial charge in [0.1, 0.15) is 5.92 Å². The van der Waals surface area contributed by atoms with Gasteiger partial charge in [-0.05, 0) is 43.7 Å². The van der Waals surface area contributed by atoms with E-state index in [2.05, 4.69) is 25.3 Å². The molecule has 1 fully saturated rings. The summed E-state index contributed by atoms with van der Waals surface area (Å²) in [5.41, 5.74) is 1.86. The van der Waals surface area contributed by atoms with Crippen LogP contribution >= 0.6 is 0 Å². The molecule has 30 heavy (non-hydrogen) atoms. The standard InChI is InChI=1S/C21H29N5O4/c1-13(2)17(18-24-21(29)30-25-18)19(27)26-10-4-5-15(12-26)11-22-20(28)23-16-8-6-14(3)7-9-16/h6-9,13,15,17H,4-5,10-12H2,1-3H3,(H2,22,23,28)(H,24,25,29). The minimum atomic E-state index is -0.663. The average molecular weight is 415 g/mol. The third-order valence-corrected chi connectivity index (χ3v) is 5.38. The number of carbonyl (C=O) groups excluding carboxylic acids is 2. The maximum absolute atomic E-state index is 13.1. The van der Waals surface area contributed by atoms with Gasteiger partial charge in [-0.3, -0.25) is 14.3 Å². The molecule has 9 heteroatoms. The zero-order chi connectivity index (χ0) is 21.7. The van der Waals surface area contributed by atoms with Gasteiger partial charge in [-0.1, -0.05) is 36.7 Å². The van der Waals surface area contributed by atoms with E-state index in [9.17, 15) is 14.4 Å². The van der Waals surface area contributed by atoms with Crippen molar-refractivity contribution in [3.8, 4) is 0 Å². The van der Waals surface area contributed by atoms with Gasteiger partial charge >= 0.3 is 11.8 Å². The van der Waals surface area contributed by atoms with E-state index in [4.69, 9.17) is 0 Å². The molecule has 2 heterocycles. The molecule has 0 saturated carbocycles. The minimum Gasteiger partial charge on any atom is -0.342 e. The monoisotopic (exact) mass is 415 g/mol. The molecule has 2 aromatic rings. The number of urea groups is 1. The Kier molecular flexibility index (Phi) is 6.91. The van der Waals surface area contributed by atoms with Crippen molar-refractivity contribution in [2.75, 3.05) is 25.0 Å². The van der Waals surface area contributed by atoms with E-state index in [1.54, 1.807) is 4.90 Å². The Morgan fingerprint density at radius 1 is 1.30 bits per heavy atom. The molecule has 2 unspecified atom stereocenters. The number of nitrogens with one attached hydrogen (secondary N) is 3. The second kappa shape index (κ2) is 9.60. The summed E-state index contributed by atoms with van der Waals surface area (Å²) in [4.78, 5) is 40.9. The summed E-state index contributed by atoms with van der Waals surface area (Å²) >= 11 is 0. The molecule has 3 amide bonds. The van der Waals surface area contributed by atoms with Gasteiger partial charge in [0.2, 0.25) is 5.91 Å². The molecule has 1 aromatic heterocycles. The van der Waals surface area contributed by atoms with Crippen LogP contribution in [0.25, 0.3) is 0 Å². The van der Waals surface area contributed by atoms with Gasteiger partial charge in [-0.15, -0.1) is 0 Å². The highest BCUT2D eigenvalue weighted by atomic mass is 16.5. The van der Waals surface area contributed by atoms with Gasteiger partial charge in [0, 0.05) is 25.3 Å². The fraction of sp³-hybridized carbons (Fsp3) is 0.524. The Morgan fingerprint density at radius 3 is 2.67 bits per heavy atom. The molecule has 1 aromatic carbocycles. The lowest BCUT2D eigenvalue weighted by Crippen LogP contribution is -2.46. The van der Waals surface area contributed by atoms with E-state index in [0.717, 1.165) is 24.1 Å². The lowest BCUT2D eigenvalue weighted by molar-refractivity contribution is -0.135. The van der Waals surface area contributed by atoms with E-state index >= 15 is 0 Å². The third-order valence-electron chi connectivity index (χ3n) is 5.38. The summed E-state index contributed by atoms with van der Waals surface area (Å²) in [7, 11) is 0. The van der Waals surface area contributed by atoms with Crippen molar-refractivity contribution in [1.82, 2.24) is 20.4 Å². The summed E-state index contributed by atoms with van der Waals surface area (Å²) < 4.78 is 4.59. The number of nitrogens with zero attached hydrogens (tertiary/aromatic N) is 2. The smallest absolute Gasteiger partial charge is 0.342 e. The van der Waals surface area contributed by atoms with Gasteiger partial charge in [-0.2, -0.15) is 0 Å². The Hall–Kier alpha value is -3.10. The van der Waals surface area contributed by atoms with Crippen LogP contribution in [0, 0.1) is 18.8 Å². The first-order valence-electron chi connectivity index (χ1n) is 10.3. The fourth-order valence-corrected chi connectivity index (χ4v) is 3.77. The van der Waals surface area contributed by atoms with Crippen LogP contribution in [-0.4, -0.2) is 46.6 Å². The lowest BCUT2D eigenvalue weighted by Gasteiger charge is -2.35. The second-order valence-electron chi connectivity index (χ2n) is 8.20. The SMILES string of the molecule is Cc1ccc(NC(=O)NCC2CCCN(C(=O)C(c3noc(=O)[nH]3)C(C)C)C2)cc1. The van der Waals surface area contributed by atoms with E-state index in [-0.39, 0.29) is 29.6 Å². The molecule has 1 aliphatic heterocycles. The Morgan fingerprint density at radius 2 is 2.03 bits per heavy atom. The van der Waals surface area contributed by atoms with E-state index in [1.807, 2.05) is 45.0 Å². The summed E-state index contributed by atoms with van der Waals surface area (Å²) in [5.74, 6) is -0.925. The number of H-pyrrole nitrogens is 1. The van der Waals surface area contributed by atoms with Crippen molar-refractivity contribution >= 4 is 17.6 Å². The number of anilines is 1. The van der Waals surface area contributed by atoms with Crippen LogP contribution in [-0.2, 0) is 4.79 Å². The predicted molar refractivity (Wildman–Crippen MR) is 112 cm³/mol. The number of hydrogen-bond acceptors (Lipinski definition) is 5. The largest absolute Gasteiger partial charge is 0.438 e. The Bertz CT molecular complexity index is 918. The zero-order valence-electron chi connectivity index (χ0n) is 17.6. The first-order chi connectivity index (χ1) is 14.3. The molecule has 3 rings (SSSR count). The number of piperidine rings is 1. The maximum Gasteiger partial charge on any atom is 0.438 e. The van der Waals surface area contributed by atoms with Gasteiger partial charge in [0.05, 0.1) is 0 Å². The summed E-state index contributed by atoms with van der Waals surface area (Å²) in [6.07, 6.45) is 1.79. The first kappa shape index (κ1) is 21.6. The molecule has 0 aliphatic carbocycles. The molecule has 0 radical (unpaired) electrons. The van der Waals surface area contributed by atoms with Crippen molar-refractivity contribution in [3.63, 3.8) is 0 Å². The number of carbonyl (C=O) groups is 2. The molecule has 0 bridgehead atoms. The topological polar surface area (TPSA) is 120 Å². The average Bonchev–Trinajstić information content (AvgIpc) is 3.14. The van der Waals surface area contributed by atoms with E-state index in [0.29, 0.717) is 19.6 Å². The molecule has 2 atom stereocenters. The number of likely N-dealkylation sites (tertiary alicyclic amines) is 1. The number of amides is 3. The van der Waals surface area contributed by atoms with Crippen LogP contribution < -0.4 is 16.4 Å². The van der Waals surface area contributed by atoms with Crippen LogP contribution in [0.4, 0.5) is 10.5 Å². The predicted octanol–water partition coefficient (Wildman–Crippen LogP) is 2.47. The van der Waals surface area contributed by atoms with Gasteiger partial charge < -0.3 is 15.5 Å². The second-order valence-corrected chi connectivity index (χ2v) is 8.20. The molecule has 1 aliphatic rings. The highest BCUT2D eigenvalue weighted by Crippen LogP contribution is 2.26. The highest BCUT2D eigenvalue weighted by molar-refractivity contribution is 5.89. The van der Waals surface area contributed by atoms with Crippen molar-refractivity contribution in [3.05, 3.63) is 46.2 Å². The Labute approximate surface area is 175 Å². The van der Waals surface area contributed by atoms with E-state index in [1.165, 1.54) is 0 Å². The number of aromatic amines is 1. The van der Waals surface area contributed by atoms with Crippen LogP contribution in [0.15, 0.2) is 33.6 Å². The van der Waals surface area contributed by atoms with E-state index < -0.39 is 11.7 Å². The molecular weight excluding hydrogens is 386 g/mol. The quantitative estimate of drug-likeness (QED) is 0.669. The van der Waals surface area contributed by atoms with Crippen molar-refractivity contribution < 1.29 is 14.1 Å². The fourth-order valence-electron chi connectivity index (χ4n) is 3.77. The molecule has 9 nitrogen and oxygen atoms in total. The minimum absolute atomic E-state index is 0.0444. The number of aromatic nitrogens is 2. The molecule has 162 valence electrons. The molecular formula is C21H29N5O4. The molecule has 3 N–H and O–H groups in total. The van der Waals surface area contributed by atoms with Crippen molar-refractivity contribution in [1.29, 1.82) is 0 Å². The van der Waals surface area contributed by atoms with Crippen LogP contribution in [0.5, 0.6) is 0 Å². The molecule has 0 spiro atoms. The zero-order valence-corrected chi connectivity index (χ0v) is 17.6. The highest BCUT2D eigenvalue weighted by Gasteiger charge is 2.34. The maximum atomic E-state index is 13.1. The van der Waals surface area contributed by atoms with Crippen LogP contribution in [0.1, 0.15) is 44.0 Å². The summed E-state index contributed by atoms with van der Waals surface area (Å²) in [5, 5.41) is 9.44. The number of rotatable bonds is 6. The number of hydrogen-bond donors (Lipinski definition) is 3. The van der Waals surface area contributed by atoms with Gasteiger partial charge in [-0.25, -0.2) is 9.59 Å². The first-order valence-corrected chi connectivity index (χ1v) is 10.3. The summed E-state index contributed by atoms with van der Waals surface area (Å²) in [6, 6.07) is 7.33. The van der Waals surface area contributed by atoms with Crippen molar-refractivity contribution in [2.45, 2.75) is 39.5 Å². The normalized spacial score (nSPS) is 17.6. The van der Waals surface area contributed by atoms with Gasteiger partial charge in [0.25, 0.3) is 0 Å². The third kappa shape index (κ3) is 5.49. The van der Waals surface area contributed by atoms with Crippen molar-refractivity contribution in [2.24, 2.45) is 11.8 Å². The summed E-state index contributed by atoms with van der Waals surface area (Å²) in [6.45, 7) is 7.49.